The lowest BCUT2D eigenvalue weighted by molar-refractivity contribution is -0.124. The van der Waals surface area contributed by atoms with E-state index in [1.165, 1.54) is 11.3 Å². The third-order valence-electron chi connectivity index (χ3n) is 5.73. The summed E-state index contributed by atoms with van der Waals surface area (Å²) in [7, 11) is 0. The summed E-state index contributed by atoms with van der Waals surface area (Å²) in [4.78, 5) is 27.2. The predicted molar refractivity (Wildman–Crippen MR) is 86.3 cm³/mol. The van der Waals surface area contributed by atoms with Crippen molar-refractivity contribution >= 4 is 40.1 Å². The van der Waals surface area contributed by atoms with Crippen LogP contribution in [0.5, 0.6) is 0 Å². The van der Waals surface area contributed by atoms with Gasteiger partial charge in [-0.2, -0.15) is 0 Å². The van der Waals surface area contributed by atoms with Crippen LogP contribution in [0, 0.1) is 39.1 Å². The summed E-state index contributed by atoms with van der Waals surface area (Å²) in [5.41, 5.74) is 0.736. The summed E-state index contributed by atoms with van der Waals surface area (Å²) in [5, 5.41) is 0. The van der Waals surface area contributed by atoms with Crippen LogP contribution < -0.4 is 4.90 Å². The van der Waals surface area contributed by atoms with Crippen molar-refractivity contribution in [3.05, 3.63) is 40.0 Å². The van der Waals surface area contributed by atoms with Crippen LogP contribution in [-0.2, 0) is 9.59 Å². The van der Waals surface area contributed by atoms with E-state index in [2.05, 4.69) is 34.7 Å². The predicted octanol–water partition coefficient (Wildman–Crippen LogP) is 2.85. The van der Waals surface area contributed by atoms with Crippen LogP contribution in [0.4, 0.5) is 5.69 Å². The van der Waals surface area contributed by atoms with Crippen molar-refractivity contribution in [3.8, 4) is 0 Å². The zero-order valence-electron chi connectivity index (χ0n) is 11.3. The standard InChI is InChI=1S/C17H14INO2/c18-8-2-1-3-9(6-8)19-16(20)14-10-4-5-11(13-7-12(10)13)15(14)17(19)21/h1-6,10-15H,7H2/t10-,11-,12-,13-,14-,15+/m0/s1. The van der Waals surface area contributed by atoms with E-state index >= 15 is 0 Å². The number of hydrogen-bond acceptors (Lipinski definition) is 2. The summed E-state index contributed by atoms with van der Waals surface area (Å²) in [6.45, 7) is 0. The highest BCUT2D eigenvalue weighted by Gasteiger charge is 2.67. The average molecular weight is 391 g/mol. The Labute approximate surface area is 136 Å². The second kappa shape index (κ2) is 3.97. The largest absolute Gasteiger partial charge is 0.274 e. The molecule has 5 aliphatic rings. The molecule has 1 aromatic carbocycles. The van der Waals surface area contributed by atoms with Crippen LogP contribution in [0.25, 0.3) is 0 Å². The first kappa shape index (κ1) is 12.4. The fraction of sp³-hybridized carbons (Fsp3) is 0.412. The van der Waals surface area contributed by atoms with Gasteiger partial charge in [0.25, 0.3) is 0 Å². The number of allylic oxidation sites excluding steroid dienone is 2. The minimum Gasteiger partial charge on any atom is -0.274 e. The zero-order valence-corrected chi connectivity index (χ0v) is 13.4. The number of benzene rings is 1. The Bertz CT molecular complexity index is 676. The minimum absolute atomic E-state index is 0.0247. The van der Waals surface area contributed by atoms with E-state index in [4.69, 9.17) is 0 Å². The molecule has 1 heterocycles. The van der Waals surface area contributed by atoms with Crippen molar-refractivity contribution in [2.24, 2.45) is 35.5 Å². The lowest BCUT2D eigenvalue weighted by Gasteiger charge is -2.37. The maximum atomic E-state index is 12.9. The number of nitrogens with zero attached hydrogens (tertiary/aromatic N) is 1. The molecule has 4 aliphatic carbocycles. The Balaban J connectivity index is 1.60. The topological polar surface area (TPSA) is 37.4 Å². The lowest BCUT2D eigenvalue weighted by atomic mass is 9.63. The number of halogens is 1. The third-order valence-corrected chi connectivity index (χ3v) is 6.40. The van der Waals surface area contributed by atoms with Crippen molar-refractivity contribution < 1.29 is 9.59 Å². The molecule has 1 aliphatic heterocycles. The zero-order chi connectivity index (χ0) is 14.3. The molecule has 2 amide bonds. The number of rotatable bonds is 1. The van der Waals surface area contributed by atoms with Crippen LogP contribution in [0.15, 0.2) is 36.4 Å². The second-order valence-corrected chi connectivity index (χ2v) is 7.89. The second-order valence-electron chi connectivity index (χ2n) is 6.65. The van der Waals surface area contributed by atoms with Crippen molar-refractivity contribution in [2.75, 3.05) is 4.90 Å². The van der Waals surface area contributed by atoms with Crippen LogP contribution in [0.2, 0.25) is 0 Å². The molecule has 2 bridgehead atoms. The molecular formula is C17H14INO2. The van der Waals surface area contributed by atoms with Crippen molar-refractivity contribution in [1.82, 2.24) is 0 Å². The molecule has 106 valence electrons. The van der Waals surface area contributed by atoms with Crippen LogP contribution in [0.1, 0.15) is 6.42 Å². The lowest BCUT2D eigenvalue weighted by Crippen LogP contribution is -2.40. The molecule has 1 saturated heterocycles. The van der Waals surface area contributed by atoms with Crippen molar-refractivity contribution in [1.29, 1.82) is 0 Å². The number of carbonyl (C=O) groups excluding carboxylic acids is 2. The monoisotopic (exact) mass is 391 g/mol. The molecule has 0 N–H and O–H groups in total. The Morgan fingerprint density at radius 1 is 1.00 bits per heavy atom. The van der Waals surface area contributed by atoms with E-state index in [0.717, 1.165) is 9.26 Å². The van der Waals surface area contributed by atoms with Gasteiger partial charge >= 0.3 is 0 Å². The fourth-order valence-corrected chi connectivity index (χ4v) is 5.35. The van der Waals surface area contributed by atoms with E-state index < -0.39 is 0 Å². The van der Waals surface area contributed by atoms with Gasteiger partial charge in [0.05, 0.1) is 17.5 Å². The Morgan fingerprint density at radius 2 is 1.62 bits per heavy atom. The number of carbonyl (C=O) groups is 2. The minimum atomic E-state index is -0.103. The van der Waals surface area contributed by atoms with Gasteiger partial charge < -0.3 is 0 Å². The number of imide groups is 1. The molecule has 6 atom stereocenters. The summed E-state index contributed by atoms with van der Waals surface area (Å²) in [5.74, 6) is 1.77. The molecule has 3 nitrogen and oxygen atoms in total. The highest BCUT2D eigenvalue weighted by Crippen LogP contribution is 2.65. The highest BCUT2D eigenvalue weighted by molar-refractivity contribution is 14.1. The summed E-state index contributed by atoms with van der Waals surface area (Å²) < 4.78 is 1.05. The van der Waals surface area contributed by atoms with Gasteiger partial charge in [0.15, 0.2) is 0 Å². The van der Waals surface area contributed by atoms with Gasteiger partial charge in [0.1, 0.15) is 0 Å². The molecular weight excluding hydrogens is 377 g/mol. The van der Waals surface area contributed by atoms with E-state index in [9.17, 15) is 9.59 Å². The first-order valence-electron chi connectivity index (χ1n) is 7.48. The Morgan fingerprint density at radius 3 is 2.19 bits per heavy atom. The number of hydrogen-bond donors (Lipinski definition) is 0. The van der Waals surface area contributed by atoms with E-state index in [0.29, 0.717) is 23.7 Å². The quantitative estimate of drug-likeness (QED) is 0.420. The molecule has 6 rings (SSSR count). The SMILES string of the molecule is O=C1[C@@H]2[C@H]3C=C[C@@H]([C@@H]4C[C@@H]34)[C@@H]2C(=O)N1c1cccc(I)c1. The molecule has 1 aromatic rings. The molecule has 2 saturated carbocycles. The molecule has 0 aromatic heterocycles. The molecule has 3 fully saturated rings. The van der Waals surface area contributed by atoms with Gasteiger partial charge in [-0.15, -0.1) is 0 Å². The van der Waals surface area contributed by atoms with Crippen molar-refractivity contribution in [3.63, 3.8) is 0 Å². The number of anilines is 1. The fourth-order valence-electron chi connectivity index (χ4n) is 4.83. The summed E-state index contributed by atoms with van der Waals surface area (Å²) in [6, 6.07) is 7.67. The van der Waals surface area contributed by atoms with Crippen LogP contribution >= 0.6 is 22.6 Å². The number of amides is 2. The van der Waals surface area contributed by atoms with Gasteiger partial charge in [0.2, 0.25) is 11.8 Å². The van der Waals surface area contributed by atoms with Crippen LogP contribution in [0.3, 0.4) is 0 Å². The first-order chi connectivity index (χ1) is 10.2. The maximum absolute atomic E-state index is 12.9. The van der Waals surface area contributed by atoms with E-state index in [-0.39, 0.29) is 23.7 Å². The molecule has 21 heavy (non-hydrogen) atoms. The highest BCUT2D eigenvalue weighted by atomic mass is 127. The van der Waals surface area contributed by atoms with Gasteiger partial charge in [0, 0.05) is 3.57 Å². The maximum Gasteiger partial charge on any atom is 0.238 e. The average Bonchev–Trinajstić information content (AvgIpc) is 3.24. The van der Waals surface area contributed by atoms with Crippen LogP contribution in [-0.4, -0.2) is 11.8 Å². The van der Waals surface area contributed by atoms with Gasteiger partial charge in [-0.3, -0.25) is 9.59 Å². The summed E-state index contributed by atoms with van der Waals surface area (Å²) in [6.07, 6.45) is 5.63. The molecule has 0 spiro atoms. The van der Waals surface area contributed by atoms with E-state index in [1.807, 2.05) is 24.3 Å². The van der Waals surface area contributed by atoms with Gasteiger partial charge in [-0.25, -0.2) is 4.90 Å². The normalized spacial score (nSPS) is 42.2. The molecule has 0 radical (unpaired) electrons. The Kier molecular flexibility index (Phi) is 2.34. The summed E-state index contributed by atoms with van der Waals surface area (Å²) >= 11 is 2.22. The van der Waals surface area contributed by atoms with Gasteiger partial charge in [-0.1, -0.05) is 18.2 Å². The first-order valence-corrected chi connectivity index (χ1v) is 8.56. The van der Waals surface area contributed by atoms with Crippen molar-refractivity contribution in [2.45, 2.75) is 6.42 Å². The Hall–Kier alpha value is -1.17. The smallest absolute Gasteiger partial charge is 0.238 e. The third kappa shape index (κ3) is 1.49. The molecule has 4 heteroatoms. The molecule has 0 unspecified atom stereocenters. The van der Waals surface area contributed by atoms with Gasteiger partial charge in [-0.05, 0) is 70.9 Å². The van der Waals surface area contributed by atoms with E-state index in [1.54, 1.807) is 0 Å².